The van der Waals surface area contributed by atoms with E-state index >= 15 is 0 Å². The van der Waals surface area contributed by atoms with E-state index in [1.165, 1.54) is 15.6 Å². The Morgan fingerprint density at radius 2 is 2.05 bits per heavy atom. The number of aryl methyl sites for hydroxylation is 1. The zero-order valence-corrected chi connectivity index (χ0v) is 12.2. The summed E-state index contributed by atoms with van der Waals surface area (Å²) in [5.74, 6) is 0. The van der Waals surface area contributed by atoms with Crippen molar-refractivity contribution in [1.82, 2.24) is 14.6 Å². The maximum absolute atomic E-state index is 5.98. The number of fused-ring (bicyclic) bond motifs is 2. The standard InChI is InChI=1S/C15H10ClN3S/c1-9-2-3-12-10(6-9)7-13(20-12)11-8-17-15-5-4-14(16)18-19(11)15/h2-8H,1H3. The Bertz CT molecular complexity index is 939. The molecule has 5 heteroatoms. The summed E-state index contributed by atoms with van der Waals surface area (Å²) in [4.78, 5) is 5.52. The second-order valence-corrected chi connectivity index (χ2v) is 6.19. The van der Waals surface area contributed by atoms with Crippen LogP contribution in [-0.2, 0) is 0 Å². The van der Waals surface area contributed by atoms with Crippen LogP contribution < -0.4 is 0 Å². The molecule has 0 saturated carbocycles. The third-order valence-corrected chi connectivity index (χ3v) is 4.59. The Kier molecular flexibility index (Phi) is 2.55. The first kappa shape index (κ1) is 11.9. The van der Waals surface area contributed by atoms with E-state index in [4.69, 9.17) is 11.6 Å². The first-order valence-electron chi connectivity index (χ1n) is 6.21. The van der Waals surface area contributed by atoms with Gasteiger partial charge in [0.15, 0.2) is 5.65 Å². The molecule has 3 aromatic heterocycles. The zero-order chi connectivity index (χ0) is 13.7. The predicted molar refractivity (Wildman–Crippen MR) is 83.6 cm³/mol. The van der Waals surface area contributed by atoms with Gasteiger partial charge >= 0.3 is 0 Å². The molecule has 20 heavy (non-hydrogen) atoms. The van der Waals surface area contributed by atoms with Gasteiger partial charge in [-0.25, -0.2) is 9.50 Å². The van der Waals surface area contributed by atoms with Gasteiger partial charge in [0.2, 0.25) is 0 Å². The summed E-state index contributed by atoms with van der Waals surface area (Å²) in [5, 5.41) is 6.04. The molecule has 0 N–H and O–H groups in total. The van der Waals surface area contributed by atoms with Crippen LogP contribution in [0.4, 0.5) is 0 Å². The van der Waals surface area contributed by atoms with E-state index in [0.717, 1.165) is 16.2 Å². The van der Waals surface area contributed by atoms with Crippen molar-refractivity contribution in [2.45, 2.75) is 6.92 Å². The van der Waals surface area contributed by atoms with Crippen molar-refractivity contribution in [2.75, 3.05) is 0 Å². The van der Waals surface area contributed by atoms with Crippen LogP contribution in [0.1, 0.15) is 5.56 Å². The molecule has 3 heterocycles. The molecule has 0 aliphatic carbocycles. The fraction of sp³-hybridized carbons (Fsp3) is 0.0667. The van der Waals surface area contributed by atoms with E-state index in [2.05, 4.69) is 41.3 Å². The quantitative estimate of drug-likeness (QED) is 0.515. The molecule has 4 aromatic rings. The maximum atomic E-state index is 5.98. The second kappa shape index (κ2) is 4.30. The Morgan fingerprint density at radius 1 is 1.15 bits per heavy atom. The monoisotopic (exact) mass is 299 g/mol. The highest BCUT2D eigenvalue weighted by Crippen LogP contribution is 2.34. The molecule has 4 rings (SSSR count). The van der Waals surface area contributed by atoms with Crippen molar-refractivity contribution >= 4 is 38.7 Å². The van der Waals surface area contributed by atoms with Crippen LogP contribution in [-0.4, -0.2) is 14.6 Å². The predicted octanol–water partition coefficient (Wildman–Crippen LogP) is 4.57. The summed E-state index contributed by atoms with van der Waals surface area (Å²) in [5.41, 5.74) is 3.04. The molecule has 3 nitrogen and oxygen atoms in total. The molecule has 98 valence electrons. The fourth-order valence-electron chi connectivity index (χ4n) is 2.31. The second-order valence-electron chi connectivity index (χ2n) is 4.72. The molecular formula is C15H10ClN3S. The van der Waals surface area contributed by atoms with E-state index in [1.807, 2.05) is 12.3 Å². The first-order valence-corrected chi connectivity index (χ1v) is 7.41. The van der Waals surface area contributed by atoms with Crippen molar-refractivity contribution in [2.24, 2.45) is 0 Å². The molecule has 0 atom stereocenters. The number of nitrogens with zero attached hydrogens (tertiary/aromatic N) is 3. The van der Waals surface area contributed by atoms with Crippen molar-refractivity contribution in [1.29, 1.82) is 0 Å². The number of aromatic nitrogens is 3. The van der Waals surface area contributed by atoms with Gasteiger partial charge in [0, 0.05) is 4.70 Å². The minimum absolute atomic E-state index is 0.466. The molecule has 0 aliphatic heterocycles. The van der Waals surface area contributed by atoms with Gasteiger partial charge in [0.1, 0.15) is 10.8 Å². The van der Waals surface area contributed by atoms with E-state index in [9.17, 15) is 0 Å². The van der Waals surface area contributed by atoms with Gasteiger partial charge in [-0.3, -0.25) is 0 Å². The van der Waals surface area contributed by atoms with Crippen molar-refractivity contribution < 1.29 is 0 Å². The van der Waals surface area contributed by atoms with Crippen molar-refractivity contribution in [3.63, 3.8) is 0 Å². The third-order valence-electron chi connectivity index (χ3n) is 3.25. The van der Waals surface area contributed by atoms with E-state index in [0.29, 0.717) is 5.15 Å². The highest BCUT2D eigenvalue weighted by Gasteiger charge is 2.11. The summed E-state index contributed by atoms with van der Waals surface area (Å²) in [7, 11) is 0. The van der Waals surface area contributed by atoms with Gasteiger partial charge in [-0.05, 0) is 36.6 Å². The van der Waals surface area contributed by atoms with Gasteiger partial charge in [-0.15, -0.1) is 11.3 Å². The average Bonchev–Trinajstić information content (AvgIpc) is 3.00. The SMILES string of the molecule is Cc1ccc2sc(-c3cnc4ccc(Cl)nn34)cc2c1. The molecule has 0 radical (unpaired) electrons. The van der Waals surface area contributed by atoms with E-state index < -0.39 is 0 Å². The normalized spacial score (nSPS) is 11.5. The Balaban J connectivity index is 1.98. The zero-order valence-electron chi connectivity index (χ0n) is 10.7. The average molecular weight is 300 g/mol. The summed E-state index contributed by atoms with van der Waals surface area (Å²) in [6, 6.07) is 12.3. The lowest BCUT2D eigenvalue weighted by Crippen LogP contribution is -1.92. The molecule has 0 spiro atoms. The minimum Gasteiger partial charge on any atom is -0.235 e. The van der Waals surface area contributed by atoms with Gasteiger partial charge in [-0.1, -0.05) is 29.3 Å². The van der Waals surface area contributed by atoms with Gasteiger partial charge in [0.05, 0.1) is 11.1 Å². The van der Waals surface area contributed by atoms with Crippen LogP contribution in [0.3, 0.4) is 0 Å². The van der Waals surface area contributed by atoms with Crippen LogP contribution >= 0.6 is 22.9 Å². The number of rotatable bonds is 1. The Labute approximate surface area is 124 Å². The molecule has 0 saturated heterocycles. The van der Waals surface area contributed by atoms with Crippen LogP contribution in [0.15, 0.2) is 42.6 Å². The third kappa shape index (κ3) is 1.80. The number of thiophene rings is 1. The van der Waals surface area contributed by atoms with Crippen molar-refractivity contribution in [3.8, 4) is 10.6 Å². The first-order chi connectivity index (χ1) is 9.70. The molecule has 0 aliphatic rings. The summed E-state index contributed by atoms with van der Waals surface area (Å²) >= 11 is 7.72. The lowest BCUT2D eigenvalue weighted by atomic mass is 10.2. The fourth-order valence-corrected chi connectivity index (χ4v) is 3.48. The van der Waals surface area contributed by atoms with Gasteiger partial charge < -0.3 is 0 Å². The molecule has 0 bridgehead atoms. The highest BCUT2D eigenvalue weighted by atomic mass is 35.5. The van der Waals surface area contributed by atoms with Gasteiger partial charge in [0.25, 0.3) is 0 Å². The molecule has 0 amide bonds. The molecule has 1 aromatic carbocycles. The lowest BCUT2D eigenvalue weighted by molar-refractivity contribution is 0.945. The molecular weight excluding hydrogens is 290 g/mol. The summed E-state index contributed by atoms with van der Waals surface area (Å²) < 4.78 is 3.06. The molecule has 0 unspecified atom stereocenters. The van der Waals surface area contributed by atoms with E-state index in [1.54, 1.807) is 21.9 Å². The Hall–Kier alpha value is -1.91. The van der Waals surface area contributed by atoms with Crippen molar-refractivity contribution in [3.05, 3.63) is 53.3 Å². The number of halogens is 1. The topological polar surface area (TPSA) is 30.2 Å². The number of benzene rings is 1. The van der Waals surface area contributed by atoms with Gasteiger partial charge in [-0.2, -0.15) is 5.10 Å². The smallest absolute Gasteiger partial charge is 0.154 e. The summed E-state index contributed by atoms with van der Waals surface area (Å²) in [6.07, 6.45) is 1.84. The minimum atomic E-state index is 0.466. The number of hydrogen-bond acceptors (Lipinski definition) is 3. The largest absolute Gasteiger partial charge is 0.235 e. The van der Waals surface area contributed by atoms with E-state index in [-0.39, 0.29) is 0 Å². The van der Waals surface area contributed by atoms with Crippen LogP contribution in [0.25, 0.3) is 26.3 Å². The van der Waals surface area contributed by atoms with Crippen LogP contribution in [0.2, 0.25) is 5.15 Å². The van der Waals surface area contributed by atoms with Crippen LogP contribution in [0, 0.1) is 6.92 Å². The summed E-state index contributed by atoms with van der Waals surface area (Å²) in [6.45, 7) is 2.10. The number of hydrogen-bond donors (Lipinski definition) is 0. The maximum Gasteiger partial charge on any atom is 0.154 e. The highest BCUT2D eigenvalue weighted by molar-refractivity contribution is 7.22. The Morgan fingerprint density at radius 3 is 2.95 bits per heavy atom. The molecule has 0 fully saturated rings. The lowest BCUT2D eigenvalue weighted by Gasteiger charge is -1.97. The van der Waals surface area contributed by atoms with Crippen LogP contribution in [0.5, 0.6) is 0 Å². The number of imidazole rings is 1.